The van der Waals surface area contributed by atoms with Crippen LogP contribution < -0.4 is 5.32 Å². The Kier molecular flexibility index (Phi) is 4.45. The molecule has 26 heavy (non-hydrogen) atoms. The summed E-state index contributed by atoms with van der Waals surface area (Å²) in [4.78, 5) is 14.0. The fraction of sp³-hybridized carbons (Fsp3) is 0.286. The fourth-order valence-electron chi connectivity index (χ4n) is 4.08. The number of hydrogen-bond donors (Lipinski definition) is 1. The third-order valence-electron chi connectivity index (χ3n) is 5.33. The molecule has 0 radical (unpaired) electrons. The van der Waals surface area contributed by atoms with Gasteiger partial charge < -0.3 is 10.2 Å². The molecule has 1 aliphatic heterocycles. The molecule has 1 aliphatic carbocycles. The molecule has 0 aromatic heterocycles. The number of nitrogens with one attached hydrogen (secondary N) is 1. The predicted octanol–water partition coefficient (Wildman–Crippen LogP) is 5.52. The first-order valence-corrected chi connectivity index (χ1v) is 9.45. The maximum absolute atomic E-state index is 12.4. The number of benzene rings is 2. The Morgan fingerprint density at radius 1 is 1.15 bits per heavy atom. The van der Waals surface area contributed by atoms with Crippen LogP contribution in [0.25, 0.3) is 0 Å². The van der Waals surface area contributed by atoms with Gasteiger partial charge in [-0.2, -0.15) is 0 Å². The summed E-state index contributed by atoms with van der Waals surface area (Å²) >= 11 is 13.0. The number of carbonyl (C=O) groups excluding carboxylic acids is 1. The summed E-state index contributed by atoms with van der Waals surface area (Å²) in [5.41, 5.74) is 3.86. The zero-order chi connectivity index (χ0) is 18.4. The number of carbonyl (C=O) groups is 1. The molecular weight excluding hydrogens is 367 g/mol. The van der Waals surface area contributed by atoms with Gasteiger partial charge in [-0.25, -0.2) is 0 Å². The number of amides is 1. The Bertz CT molecular complexity index is 887. The molecular formula is C21H20Cl2N2O. The lowest BCUT2D eigenvalue weighted by molar-refractivity contribution is 0.0827. The van der Waals surface area contributed by atoms with Gasteiger partial charge in [-0.1, -0.05) is 41.4 Å². The third kappa shape index (κ3) is 2.80. The Hall–Kier alpha value is -1.97. The molecule has 0 saturated heterocycles. The number of anilines is 1. The summed E-state index contributed by atoms with van der Waals surface area (Å²) in [6.45, 7) is 0. The number of halogens is 2. The van der Waals surface area contributed by atoms with E-state index in [1.165, 1.54) is 0 Å². The number of fused-ring (bicyclic) bond motifs is 3. The van der Waals surface area contributed by atoms with E-state index < -0.39 is 0 Å². The molecule has 134 valence electrons. The molecule has 0 fully saturated rings. The van der Waals surface area contributed by atoms with Crippen LogP contribution in [-0.2, 0) is 0 Å². The fourth-order valence-corrected chi connectivity index (χ4v) is 4.71. The Labute approximate surface area is 163 Å². The second-order valence-electron chi connectivity index (χ2n) is 7.11. The molecule has 0 bridgehead atoms. The van der Waals surface area contributed by atoms with Crippen LogP contribution in [0.2, 0.25) is 10.0 Å². The zero-order valence-corrected chi connectivity index (χ0v) is 16.2. The van der Waals surface area contributed by atoms with Crippen molar-refractivity contribution in [3.05, 3.63) is 75.3 Å². The molecule has 2 aromatic rings. The average molecular weight is 387 g/mol. The van der Waals surface area contributed by atoms with E-state index in [0.29, 0.717) is 21.5 Å². The molecule has 5 heteroatoms. The summed E-state index contributed by atoms with van der Waals surface area (Å²) in [7, 11) is 3.54. The van der Waals surface area contributed by atoms with Gasteiger partial charge in [0.1, 0.15) is 0 Å². The maximum atomic E-state index is 12.4. The van der Waals surface area contributed by atoms with Gasteiger partial charge in [0.05, 0.1) is 6.04 Å². The van der Waals surface area contributed by atoms with Crippen LogP contribution in [0.1, 0.15) is 39.9 Å². The summed E-state index contributed by atoms with van der Waals surface area (Å²) in [6.07, 6.45) is 5.41. The largest absolute Gasteiger partial charge is 0.378 e. The molecule has 0 spiro atoms. The Balaban J connectivity index is 1.79. The number of allylic oxidation sites excluding steroid dienone is 2. The van der Waals surface area contributed by atoms with Crippen LogP contribution in [0.3, 0.4) is 0 Å². The van der Waals surface area contributed by atoms with Crippen LogP contribution in [0.15, 0.2) is 48.6 Å². The van der Waals surface area contributed by atoms with E-state index in [1.54, 1.807) is 19.0 Å². The Morgan fingerprint density at radius 3 is 2.58 bits per heavy atom. The highest BCUT2D eigenvalue weighted by molar-refractivity contribution is 6.36. The van der Waals surface area contributed by atoms with E-state index in [0.717, 1.165) is 23.2 Å². The first-order chi connectivity index (χ1) is 12.5. The van der Waals surface area contributed by atoms with Crippen molar-refractivity contribution >= 4 is 34.8 Å². The molecule has 1 amide bonds. The summed E-state index contributed by atoms with van der Waals surface area (Å²) < 4.78 is 0. The maximum Gasteiger partial charge on any atom is 0.253 e. The van der Waals surface area contributed by atoms with Crippen molar-refractivity contribution in [2.45, 2.75) is 18.4 Å². The van der Waals surface area contributed by atoms with Crippen molar-refractivity contribution in [2.75, 3.05) is 19.4 Å². The van der Waals surface area contributed by atoms with Gasteiger partial charge in [0.25, 0.3) is 5.91 Å². The first kappa shape index (κ1) is 17.4. The Morgan fingerprint density at radius 2 is 1.88 bits per heavy atom. The normalized spacial score (nSPS) is 23.2. The van der Waals surface area contributed by atoms with Gasteiger partial charge in [0, 0.05) is 46.9 Å². The van der Waals surface area contributed by atoms with Gasteiger partial charge in [0.15, 0.2) is 0 Å². The van der Waals surface area contributed by atoms with Crippen molar-refractivity contribution < 1.29 is 4.79 Å². The van der Waals surface area contributed by atoms with E-state index in [2.05, 4.69) is 17.5 Å². The number of hydrogen-bond acceptors (Lipinski definition) is 2. The predicted molar refractivity (Wildman–Crippen MR) is 107 cm³/mol. The quantitative estimate of drug-likeness (QED) is 0.688. The smallest absolute Gasteiger partial charge is 0.253 e. The highest BCUT2D eigenvalue weighted by Gasteiger charge is 2.39. The van der Waals surface area contributed by atoms with Crippen molar-refractivity contribution in [1.82, 2.24) is 4.90 Å². The van der Waals surface area contributed by atoms with Crippen LogP contribution in [0.4, 0.5) is 5.69 Å². The monoisotopic (exact) mass is 386 g/mol. The topological polar surface area (TPSA) is 32.3 Å². The number of rotatable bonds is 2. The van der Waals surface area contributed by atoms with Gasteiger partial charge in [0.2, 0.25) is 0 Å². The van der Waals surface area contributed by atoms with E-state index in [9.17, 15) is 4.79 Å². The molecule has 1 N–H and O–H groups in total. The van der Waals surface area contributed by atoms with Gasteiger partial charge in [-0.05, 0) is 48.2 Å². The van der Waals surface area contributed by atoms with Crippen molar-refractivity contribution in [3.8, 4) is 0 Å². The average Bonchev–Trinajstić information content (AvgIpc) is 3.10. The highest BCUT2D eigenvalue weighted by Crippen LogP contribution is 2.52. The van der Waals surface area contributed by atoms with E-state index >= 15 is 0 Å². The number of nitrogens with zero attached hydrogens (tertiary/aromatic N) is 1. The summed E-state index contributed by atoms with van der Waals surface area (Å²) in [5.74, 6) is 0.589. The molecule has 0 saturated carbocycles. The minimum absolute atomic E-state index is 0.0163. The molecule has 2 aliphatic rings. The van der Waals surface area contributed by atoms with Crippen LogP contribution in [0, 0.1) is 5.92 Å². The van der Waals surface area contributed by atoms with E-state index in [1.807, 2.05) is 36.4 Å². The molecule has 3 nitrogen and oxygen atoms in total. The van der Waals surface area contributed by atoms with Crippen molar-refractivity contribution in [1.29, 1.82) is 0 Å². The summed E-state index contributed by atoms with van der Waals surface area (Å²) in [5, 5.41) is 5.00. The van der Waals surface area contributed by atoms with Crippen LogP contribution in [-0.4, -0.2) is 24.9 Å². The minimum atomic E-state index is 0.0163. The standard InChI is InChI=1S/C21H20Cl2N2O/c1-25(2)21(26)12-9-10-18-15(11-12)13-5-3-6-14(13)20(24-18)19-16(22)7-4-8-17(19)23/h3-5,7-11,13-14,20,24H,6H2,1-2H3. The lowest BCUT2D eigenvalue weighted by atomic mass is 9.76. The van der Waals surface area contributed by atoms with E-state index in [4.69, 9.17) is 23.2 Å². The van der Waals surface area contributed by atoms with Crippen molar-refractivity contribution in [3.63, 3.8) is 0 Å². The van der Waals surface area contributed by atoms with Gasteiger partial charge in [-0.3, -0.25) is 4.79 Å². The second-order valence-corrected chi connectivity index (χ2v) is 7.93. The molecule has 3 unspecified atom stereocenters. The van der Waals surface area contributed by atoms with E-state index in [-0.39, 0.29) is 17.9 Å². The molecule has 1 heterocycles. The highest BCUT2D eigenvalue weighted by atomic mass is 35.5. The van der Waals surface area contributed by atoms with Crippen LogP contribution in [0.5, 0.6) is 0 Å². The van der Waals surface area contributed by atoms with Crippen LogP contribution >= 0.6 is 23.2 Å². The van der Waals surface area contributed by atoms with Gasteiger partial charge in [-0.15, -0.1) is 0 Å². The van der Waals surface area contributed by atoms with Crippen molar-refractivity contribution in [2.24, 2.45) is 5.92 Å². The first-order valence-electron chi connectivity index (χ1n) is 8.70. The third-order valence-corrected chi connectivity index (χ3v) is 5.99. The minimum Gasteiger partial charge on any atom is -0.378 e. The summed E-state index contributed by atoms with van der Waals surface area (Å²) in [6, 6.07) is 11.6. The second kappa shape index (κ2) is 6.64. The molecule has 3 atom stereocenters. The van der Waals surface area contributed by atoms with Gasteiger partial charge >= 0.3 is 0 Å². The lowest BCUT2D eigenvalue weighted by Crippen LogP contribution is -2.30. The lowest BCUT2D eigenvalue weighted by Gasteiger charge is -2.38. The molecule has 4 rings (SSSR count). The zero-order valence-electron chi connectivity index (χ0n) is 14.7. The molecule has 2 aromatic carbocycles. The SMILES string of the molecule is CN(C)C(=O)c1ccc2c(c1)C1C=CCC1C(c1c(Cl)cccc1Cl)N2.